The Labute approximate surface area is 96.1 Å². The molecule has 1 nitrogen and oxygen atoms in total. The van der Waals surface area contributed by atoms with Crippen LogP contribution in [0, 0.1) is 17.5 Å². The van der Waals surface area contributed by atoms with Crippen LogP contribution in [0.4, 0.5) is 13.2 Å². The van der Waals surface area contributed by atoms with Gasteiger partial charge < -0.3 is 5.11 Å². The van der Waals surface area contributed by atoms with E-state index < -0.39 is 23.6 Å². The van der Waals surface area contributed by atoms with Crippen molar-refractivity contribution in [3.05, 3.63) is 71.0 Å². The van der Waals surface area contributed by atoms with Gasteiger partial charge in [-0.15, -0.1) is 0 Å². The highest BCUT2D eigenvalue weighted by atomic mass is 19.2. The summed E-state index contributed by atoms with van der Waals surface area (Å²) in [4.78, 5) is 0. The van der Waals surface area contributed by atoms with Crippen LogP contribution < -0.4 is 0 Å². The lowest BCUT2D eigenvalue weighted by molar-refractivity contribution is 0.219. The molecule has 0 aliphatic heterocycles. The van der Waals surface area contributed by atoms with Crippen molar-refractivity contribution >= 4 is 0 Å². The lowest BCUT2D eigenvalue weighted by atomic mass is 10.0. The lowest BCUT2D eigenvalue weighted by Crippen LogP contribution is -2.01. The zero-order chi connectivity index (χ0) is 12.4. The second-order valence-electron chi connectivity index (χ2n) is 3.63. The van der Waals surface area contributed by atoms with E-state index in [0.717, 1.165) is 18.2 Å². The van der Waals surface area contributed by atoms with Gasteiger partial charge in [0.25, 0.3) is 0 Å². The Hall–Kier alpha value is -1.81. The predicted molar refractivity (Wildman–Crippen MR) is 56.8 cm³/mol. The van der Waals surface area contributed by atoms with Crippen molar-refractivity contribution in [2.24, 2.45) is 0 Å². The van der Waals surface area contributed by atoms with E-state index in [9.17, 15) is 18.3 Å². The average molecular weight is 238 g/mol. The second-order valence-corrected chi connectivity index (χ2v) is 3.63. The molecule has 0 saturated carbocycles. The summed E-state index contributed by atoms with van der Waals surface area (Å²) in [6, 6.07) is 8.41. The summed E-state index contributed by atoms with van der Waals surface area (Å²) in [5.41, 5.74) is 0.463. The van der Waals surface area contributed by atoms with E-state index in [1.165, 1.54) is 24.3 Å². The molecular weight excluding hydrogens is 229 g/mol. The zero-order valence-corrected chi connectivity index (χ0v) is 8.70. The van der Waals surface area contributed by atoms with Crippen molar-refractivity contribution in [2.75, 3.05) is 0 Å². The van der Waals surface area contributed by atoms with Gasteiger partial charge in [-0.2, -0.15) is 0 Å². The van der Waals surface area contributed by atoms with Crippen LogP contribution in [0.1, 0.15) is 17.2 Å². The maximum Gasteiger partial charge on any atom is 0.159 e. The molecule has 0 saturated heterocycles. The highest BCUT2D eigenvalue weighted by Crippen LogP contribution is 2.23. The largest absolute Gasteiger partial charge is 0.384 e. The summed E-state index contributed by atoms with van der Waals surface area (Å²) in [5.74, 6) is -2.53. The van der Waals surface area contributed by atoms with Gasteiger partial charge in [0, 0.05) is 0 Å². The van der Waals surface area contributed by atoms with Crippen molar-refractivity contribution in [2.45, 2.75) is 6.10 Å². The first-order valence-corrected chi connectivity index (χ1v) is 4.96. The minimum atomic E-state index is -1.18. The Balaban J connectivity index is 2.36. The highest BCUT2D eigenvalue weighted by molar-refractivity contribution is 5.30. The maximum atomic E-state index is 13.0. The number of benzene rings is 2. The maximum absolute atomic E-state index is 13.0. The summed E-state index contributed by atoms with van der Waals surface area (Å²) >= 11 is 0. The molecule has 2 rings (SSSR count). The van der Waals surface area contributed by atoms with Gasteiger partial charge in [0.1, 0.15) is 11.9 Å². The van der Waals surface area contributed by atoms with Crippen LogP contribution in [0.25, 0.3) is 0 Å². The van der Waals surface area contributed by atoms with E-state index in [4.69, 9.17) is 0 Å². The van der Waals surface area contributed by atoms with Crippen LogP contribution in [0.15, 0.2) is 42.5 Å². The Morgan fingerprint density at radius 1 is 0.824 bits per heavy atom. The first kappa shape index (κ1) is 11.7. The number of rotatable bonds is 2. The third kappa shape index (κ3) is 2.47. The average Bonchev–Trinajstić information content (AvgIpc) is 2.32. The molecule has 0 unspecified atom stereocenters. The molecule has 88 valence electrons. The molecule has 17 heavy (non-hydrogen) atoms. The molecule has 1 atom stereocenters. The quantitative estimate of drug-likeness (QED) is 0.851. The van der Waals surface area contributed by atoms with Crippen molar-refractivity contribution in [1.82, 2.24) is 0 Å². The SMILES string of the molecule is O[C@H](c1cccc(F)c1)c1ccc(F)c(F)c1. The fourth-order valence-corrected chi connectivity index (χ4v) is 1.55. The third-order valence-corrected chi connectivity index (χ3v) is 2.42. The van der Waals surface area contributed by atoms with E-state index in [1.54, 1.807) is 0 Å². The van der Waals surface area contributed by atoms with Crippen LogP contribution in [0.5, 0.6) is 0 Å². The molecule has 4 heteroatoms. The minimum Gasteiger partial charge on any atom is -0.384 e. The van der Waals surface area contributed by atoms with Crippen molar-refractivity contribution in [3.8, 4) is 0 Å². The highest BCUT2D eigenvalue weighted by Gasteiger charge is 2.13. The van der Waals surface area contributed by atoms with Gasteiger partial charge in [0.15, 0.2) is 11.6 Å². The number of halogens is 3. The van der Waals surface area contributed by atoms with Gasteiger partial charge in [0.05, 0.1) is 0 Å². The molecule has 0 amide bonds. The fraction of sp³-hybridized carbons (Fsp3) is 0.0769. The number of hydrogen-bond acceptors (Lipinski definition) is 1. The first-order chi connectivity index (χ1) is 8.08. The first-order valence-electron chi connectivity index (χ1n) is 4.96. The molecule has 2 aromatic carbocycles. The second kappa shape index (κ2) is 4.59. The molecule has 0 bridgehead atoms. The molecule has 0 fully saturated rings. The number of aliphatic hydroxyl groups is 1. The van der Waals surface area contributed by atoms with E-state index >= 15 is 0 Å². The van der Waals surface area contributed by atoms with Gasteiger partial charge in [0.2, 0.25) is 0 Å². The van der Waals surface area contributed by atoms with Crippen molar-refractivity contribution in [1.29, 1.82) is 0 Å². The topological polar surface area (TPSA) is 20.2 Å². The van der Waals surface area contributed by atoms with Gasteiger partial charge in [-0.3, -0.25) is 0 Å². The van der Waals surface area contributed by atoms with Crippen molar-refractivity contribution < 1.29 is 18.3 Å². The molecule has 0 aliphatic carbocycles. The monoisotopic (exact) mass is 238 g/mol. The fourth-order valence-electron chi connectivity index (χ4n) is 1.55. The van der Waals surface area contributed by atoms with Gasteiger partial charge >= 0.3 is 0 Å². The van der Waals surface area contributed by atoms with Crippen LogP contribution in [-0.4, -0.2) is 5.11 Å². The Kier molecular flexibility index (Phi) is 3.15. The normalized spacial score (nSPS) is 12.5. The molecular formula is C13H9F3O. The Morgan fingerprint density at radius 3 is 2.18 bits per heavy atom. The summed E-state index contributed by atoms with van der Waals surface area (Å²) < 4.78 is 38.6. The Morgan fingerprint density at radius 2 is 1.53 bits per heavy atom. The minimum absolute atomic E-state index is 0.175. The van der Waals surface area contributed by atoms with E-state index in [1.807, 2.05) is 0 Å². The Bertz CT molecular complexity index is 540. The molecule has 0 aromatic heterocycles. The van der Waals surface area contributed by atoms with Gasteiger partial charge in [-0.25, -0.2) is 13.2 Å². The molecule has 1 N–H and O–H groups in total. The zero-order valence-electron chi connectivity index (χ0n) is 8.70. The van der Waals surface area contributed by atoms with Crippen LogP contribution in [0.3, 0.4) is 0 Å². The van der Waals surface area contributed by atoms with Crippen LogP contribution >= 0.6 is 0 Å². The summed E-state index contributed by atoms with van der Waals surface area (Å²) in [6.45, 7) is 0. The van der Waals surface area contributed by atoms with Crippen molar-refractivity contribution in [3.63, 3.8) is 0 Å². The lowest BCUT2D eigenvalue weighted by Gasteiger charge is -2.11. The summed E-state index contributed by atoms with van der Waals surface area (Å²) in [5, 5.41) is 9.88. The van der Waals surface area contributed by atoms with Gasteiger partial charge in [-0.1, -0.05) is 18.2 Å². The number of aliphatic hydroxyl groups excluding tert-OH is 1. The molecule has 0 radical (unpaired) electrons. The van der Waals surface area contributed by atoms with Crippen LogP contribution in [0.2, 0.25) is 0 Å². The van der Waals surface area contributed by atoms with E-state index in [-0.39, 0.29) is 11.1 Å². The summed E-state index contributed by atoms with van der Waals surface area (Å²) in [6.07, 6.45) is -1.18. The van der Waals surface area contributed by atoms with Crippen LogP contribution in [-0.2, 0) is 0 Å². The number of hydrogen-bond donors (Lipinski definition) is 1. The van der Waals surface area contributed by atoms with Gasteiger partial charge in [-0.05, 0) is 35.4 Å². The predicted octanol–water partition coefficient (Wildman–Crippen LogP) is 3.19. The smallest absolute Gasteiger partial charge is 0.159 e. The van der Waals surface area contributed by atoms with E-state index in [2.05, 4.69) is 0 Å². The molecule has 0 heterocycles. The molecule has 2 aromatic rings. The third-order valence-electron chi connectivity index (χ3n) is 2.42. The molecule has 0 aliphatic rings. The standard InChI is InChI=1S/C13H9F3O/c14-10-3-1-2-8(6-10)13(17)9-4-5-11(15)12(16)7-9/h1-7,13,17H/t13-/m1/s1. The van der Waals surface area contributed by atoms with E-state index in [0.29, 0.717) is 0 Å². The summed E-state index contributed by atoms with van der Waals surface area (Å²) in [7, 11) is 0. The molecule has 0 spiro atoms.